The molecule has 0 saturated carbocycles. The molecule has 20 heavy (non-hydrogen) atoms. The van der Waals surface area contributed by atoms with Gasteiger partial charge in [0.25, 0.3) is 0 Å². The van der Waals surface area contributed by atoms with E-state index in [0.717, 1.165) is 24.5 Å². The van der Waals surface area contributed by atoms with Gasteiger partial charge in [-0.1, -0.05) is 0 Å². The standard InChI is InChI=1S/C16H21NO2S/c1-12(6-13-4-5-20-11-13)17-10-14-7-15(18-2)9-16(8-14)19-3/h4-5,7-9,11-12,17H,6,10H2,1-3H3. The predicted molar refractivity (Wildman–Crippen MR) is 83.9 cm³/mol. The third kappa shape index (κ3) is 4.25. The van der Waals surface area contributed by atoms with E-state index in [1.807, 2.05) is 18.2 Å². The first kappa shape index (κ1) is 14.9. The van der Waals surface area contributed by atoms with Crippen molar-refractivity contribution in [1.29, 1.82) is 0 Å². The van der Waals surface area contributed by atoms with Crippen molar-refractivity contribution in [2.24, 2.45) is 0 Å². The van der Waals surface area contributed by atoms with Crippen LogP contribution in [0, 0.1) is 0 Å². The van der Waals surface area contributed by atoms with Gasteiger partial charge < -0.3 is 14.8 Å². The van der Waals surface area contributed by atoms with Crippen LogP contribution >= 0.6 is 11.3 Å². The van der Waals surface area contributed by atoms with Gasteiger partial charge in [-0.15, -0.1) is 0 Å². The van der Waals surface area contributed by atoms with Gasteiger partial charge in [0.2, 0.25) is 0 Å². The fourth-order valence-electron chi connectivity index (χ4n) is 2.10. The zero-order valence-corrected chi connectivity index (χ0v) is 13.0. The van der Waals surface area contributed by atoms with E-state index in [-0.39, 0.29) is 0 Å². The maximum absolute atomic E-state index is 5.28. The Labute approximate surface area is 124 Å². The van der Waals surface area contributed by atoms with E-state index >= 15 is 0 Å². The molecule has 0 radical (unpaired) electrons. The second kappa shape index (κ2) is 7.31. The molecule has 4 heteroatoms. The Kier molecular flexibility index (Phi) is 5.44. The summed E-state index contributed by atoms with van der Waals surface area (Å²) in [6.45, 7) is 3.01. The van der Waals surface area contributed by atoms with Crippen LogP contribution in [0.2, 0.25) is 0 Å². The zero-order valence-electron chi connectivity index (χ0n) is 12.2. The van der Waals surface area contributed by atoms with Crippen LogP contribution in [0.4, 0.5) is 0 Å². The third-order valence-electron chi connectivity index (χ3n) is 3.19. The summed E-state index contributed by atoms with van der Waals surface area (Å²) in [6.07, 6.45) is 1.05. The number of ether oxygens (including phenoxy) is 2. The van der Waals surface area contributed by atoms with Crippen molar-refractivity contribution in [3.8, 4) is 11.5 Å². The van der Waals surface area contributed by atoms with Gasteiger partial charge in [0, 0.05) is 18.7 Å². The average Bonchev–Trinajstić information content (AvgIpc) is 2.97. The monoisotopic (exact) mass is 291 g/mol. The van der Waals surface area contributed by atoms with Crippen LogP contribution in [0.3, 0.4) is 0 Å². The molecule has 0 fully saturated rings. The molecule has 1 N–H and O–H groups in total. The molecule has 108 valence electrons. The summed E-state index contributed by atoms with van der Waals surface area (Å²) in [5, 5.41) is 7.85. The SMILES string of the molecule is COc1cc(CNC(C)Cc2ccsc2)cc(OC)c1. The average molecular weight is 291 g/mol. The first-order chi connectivity index (χ1) is 9.71. The van der Waals surface area contributed by atoms with Crippen LogP contribution in [-0.2, 0) is 13.0 Å². The number of hydrogen-bond acceptors (Lipinski definition) is 4. The van der Waals surface area contributed by atoms with E-state index in [1.165, 1.54) is 11.1 Å². The molecule has 1 atom stereocenters. The molecule has 2 aromatic rings. The van der Waals surface area contributed by atoms with E-state index < -0.39 is 0 Å². The fourth-order valence-corrected chi connectivity index (χ4v) is 2.78. The van der Waals surface area contributed by atoms with E-state index in [0.29, 0.717) is 6.04 Å². The molecule has 1 aromatic carbocycles. The van der Waals surface area contributed by atoms with Crippen molar-refractivity contribution in [2.75, 3.05) is 14.2 Å². The zero-order chi connectivity index (χ0) is 14.4. The van der Waals surface area contributed by atoms with Gasteiger partial charge in [0.15, 0.2) is 0 Å². The van der Waals surface area contributed by atoms with Gasteiger partial charge >= 0.3 is 0 Å². The smallest absolute Gasteiger partial charge is 0.122 e. The highest BCUT2D eigenvalue weighted by molar-refractivity contribution is 7.07. The molecule has 2 rings (SSSR count). The summed E-state index contributed by atoms with van der Waals surface area (Å²) in [5.41, 5.74) is 2.55. The van der Waals surface area contributed by atoms with E-state index in [1.54, 1.807) is 25.6 Å². The minimum absolute atomic E-state index is 0.432. The molecule has 3 nitrogen and oxygen atoms in total. The molecule has 0 aliphatic heterocycles. The Morgan fingerprint density at radius 2 is 1.80 bits per heavy atom. The number of thiophene rings is 1. The van der Waals surface area contributed by atoms with Crippen LogP contribution in [0.25, 0.3) is 0 Å². The van der Waals surface area contributed by atoms with Crippen LogP contribution in [0.1, 0.15) is 18.1 Å². The summed E-state index contributed by atoms with van der Waals surface area (Å²) >= 11 is 1.75. The number of nitrogens with one attached hydrogen (secondary N) is 1. The highest BCUT2D eigenvalue weighted by Gasteiger charge is 2.06. The van der Waals surface area contributed by atoms with Crippen molar-refractivity contribution in [3.63, 3.8) is 0 Å². The predicted octanol–water partition coefficient (Wildman–Crippen LogP) is 3.49. The van der Waals surface area contributed by atoms with E-state index in [2.05, 4.69) is 29.1 Å². The molecule has 0 saturated heterocycles. The number of benzene rings is 1. The lowest BCUT2D eigenvalue weighted by molar-refractivity contribution is 0.392. The quantitative estimate of drug-likeness (QED) is 0.847. The summed E-state index contributed by atoms with van der Waals surface area (Å²) in [6, 6.07) is 8.57. The van der Waals surface area contributed by atoms with Crippen LogP contribution in [0.5, 0.6) is 11.5 Å². The van der Waals surface area contributed by atoms with Crippen LogP contribution < -0.4 is 14.8 Å². The second-order valence-electron chi connectivity index (χ2n) is 4.84. The van der Waals surface area contributed by atoms with Crippen molar-refractivity contribution in [1.82, 2.24) is 5.32 Å². The maximum Gasteiger partial charge on any atom is 0.122 e. The lowest BCUT2D eigenvalue weighted by Gasteiger charge is -2.14. The van der Waals surface area contributed by atoms with Gasteiger partial charge in [-0.25, -0.2) is 0 Å². The summed E-state index contributed by atoms with van der Waals surface area (Å²) in [7, 11) is 3.34. The Morgan fingerprint density at radius 1 is 1.10 bits per heavy atom. The molecule has 1 aromatic heterocycles. The van der Waals surface area contributed by atoms with Gasteiger partial charge in [-0.2, -0.15) is 11.3 Å². The topological polar surface area (TPSA) is 30.5 Å². The van der Waals surface area contributed by atoms with E-state index in [9.17, 15) is 0 Å². The minimum atomic E-state index is 0.432. The third-order valence-corrected chi connectivity index (χ3v) is 3.92. The van der Waals surface area contributed by atoms with Gasteiger partial charge in [0.1, 0.15) is 11.5 Å². The molecule has 0 amide bonds. The molecule has 1 heterocycles. The highest BCUT2D eigenvalue weighted by atomic mass is 32.1. The number of rotatable bonds is 7. The maximum atomic E-state index is 5.28. The van der Waals surface area contributed by atoms with Gasteiger partial charge in [-0.3, -0.25) is 0 Å². The molecular weight excluding hydrogens is 270 g/mol. The van der Waals surface area contributed by atoms with Crippen LogP contribution in [-0.4, -0.2) is 20.3 Å². The molecule has 0 spiro atoms. The Balaban J connectivity index is 1.92. The fraction of sp³-hybridized carbons (Fsp3) is 0.375. The van der Waals surface area contributed by atoms with Gasteiger partial charge in [0.05, 0.1) is 14.2 Å². The second-order valence-corrected chi connectivity index (χ2v) is 5.62. The molecule has 0 aliphatic rings. The highest BCUT2D eigenvalue weighted by Crippen LogP contribution is 2.22. The summed E-state index contributed by atoms with van der Waals surface area (Å²) in [5.74, 6) is 1.65. The Hall–Kier alpha value is -1.52. The largest absolute Gasteiger partial charge is 0.497 e. The normalized spacial score (nSPS) is 12.2. The summed E-state index contributed by atoms with van der Waals surface area (Å²) in [4.78, 5) is 0. The first-order valence-corrected chi connectivity index (χ1v) is 7.62. The lowest BCUT2D eigenvalue weighted by atomic mass is 10.1. The first-order valence-electron chi connectivity index (χ1n) is 6.67. The van der Waals surface area contributed by atoms with E-state index in [4.69, 9.17) is 9.47 Å². The van der Waals surface area contributed by atoms with Crippen molar-refractivity contribution in [3.05, 3.63) is 46.2 Å². The molecule has 0 bridgehead atoms. The Morgan fingerprint density at radius 3 is 2.35 bits per heavy atom. The van der Waals surface area contributed by atoms with Crippen molar-refractivity contribution in [2.45, 2.75) is 25.9 Å². The lowest BCUT2D eigenvalue weighted by Crippen LogP contribution is -2.27. The molecule has 0 aliphatic carbocycles. The van der Waals surface area contributed by atoms with Gasteiger partial charge in [-0.05, 0) is 53.4 Å². The summed E-state index contributed by atoms with van der Waals surface area (Å²) < 4.78 is 10.6. The van der Waals surface area contributed by atoms with Crippen molar-refractivity contribution < 1.29 is 9.47 Å². The number of hydrogen-bond donors (Lipinski definition) is 1. The Bertz CT molecular complexity index is 503. The molecule has 1 unspecified atom stereocenters. The minimum Gasteiger partial charge on any atom is -0.497 e. The van der Waals surface area contributed by atoms with Crippen LogP contribution in [0.15, 0.2) is 35.0 Å². The molecular formula is C16H21NO2S. The van der Waals surface area contributed by atoms with Crippen molar-refractivity contribution >= 4 is 11.3 Å². The number of methoxy groups -OCH3 is 2.